The molecular weight excluding hydrogens is 300 g/mol. The lowest BCUT2D eigenvalue weighted by Crippen LogP contribution is -2.16. The zero-order chi connectivity index (χ0) is 17.9. The van der Waals surface area contributed by atoms with Crippen molar-refractivity contribution in [3.05, 3.63) is 63.7 Å². The van der Waals surface area contributed by atoms with Crippen molar-refractivity contribution in [3.8, 4) is 5.75 Å². The Morgan fingerprint density at radius 1 is 1.12 bits per heavy atom. The van der Waals surface area contributed by atoms with Gasteiger partial charge in [0.05, 0.1) is 13.0 Å². The molecule has 3 nitrogen and oxygen atoms in total. The minimum Gasteiger partial charge on any atom is -0.496 e. The number of carboxylic acid groups (broad SMARTS) is 1. The van der Waals surface area contributed by atoms with Crippen molar-refractivity contribution in [3.63, 3.8) is 0 Å². The summed E-state index contributed by atoms with van der Waals surface area (Å²) in [6, 6.07) is 9.95. The number of aryl methyl sites for hydroxylation is 4. The molecule has 0 aliphatic carbocycles. The summed E-state index contributed by atoms with van der Waals surface area (Å²) in [6.45, 7) is 8.22. The third-order valence-corrected chi connectivity index (χ3v) is 4.63. The molecule has 0 aliphatic rings. The van der Waals surface area contributed by atoms with Gasteiger partial charge >= 0.3 is 5.97 Å². The number of carboxylic acids is 1. The monoisotopic (exact) mass is 326 g/mol. The Kier molecular flexibility index (Phi) is 5.66. The van der Waals surface area contributed by atoms with E-state index in [0.717, 1.165) is 40.0 Å². The van der Waals surface area contributed by atoms with Crippen LogP contribution in [0.4, 0.5) is 0 Å². The van der Waals surface area contributed by atoms with Crippen LogP contribution in [0, 0.1) is 20.8 Å². The first-order valence-electron chi connectivity index (χ1n) is 8.33. The largest absolute Gasteiger partial charge is 0.496 e. The third kappa shape index (κ3) is 3.78. The molecule has 3 heteroatoms. The maximum Gasteiger partial charge on any atom is 0.311 e. The van der Waals surface area contributed by atoms with E-state index >= 15 is 0 Å². The van der Waals surface area contributed by atoms with Crippen molar-refractivity contribution in [1.82, 2.24) is 0 Å². The molecule has 2 aromatic rings. The smallest absolute Gasteiger partial charge is 0.311 e. The minimum atomic E-state index is -0.790. The van der Waals surface area contributed by atoms with Crippen LogP contribution in [0.1, 0.15) is 46.2 Å². The number of hydrogen-bond acceptors (Lipinski definition) is 2. The van der Waals surface area contributed by atoms with Crippen LogP contribution in [0.15, 0.2) is 30.3 Å². The van der Waals surface area contributed by atoms with E-state index in [1.165, 1.54) is 5.56 Å². The molecule has 1 N–H and O–H groups in total. The molecule has 0 amide bonds. The lowest BCUT2D eigenvalue weighted by Gasteiger charge is -2.18. The van der Waals surface area contributed by atoms with Gasteiger partial charge in [-0.3, -0.25) is 4.79 Å². The molecule has 0 radical (unpaired) electrons. The van der Waals surface area contributed by atoms with Crippen LogP contribution in [-0.4, -0.2) is 18.2 Å². The van der Waals surface area contributed by atoms with E-state index in [-0.39, 0.29) is 0 Å². The number of hydrogen-bond donors (Lipinski definition) is 1. The highest BCUT2D eigenvalue weighted by Crippen LogP contribution is 2.29. The quantitative estimate of drug-likeness (QED) is 0.844. The normalized spacial score (nSPS) is 12.0. The van der Waals surface area contributed by atoms with Crippen LogP contribution in [0.5, 0.6) is 5.75 Å². The first-order valence-corrected chi connectivity index (χ1v) is 8.33. The van der Waals surface area contributed by atoms with Gasteiger partial charge in [0, 0.05) is 0 Å². The summed E-state index contributed by atoms with van der Waals surface area (Å²) in [5.74, 6) is -0.531. The topological polar surface area (TPSA) is 46.5 Å². The van der Waals surface area contributed by atoms with Crippen molar-refractivity contribution >= 4 is 5.97 Å². The molecule has 1 unspecified atom stereocenters. The van der Waals surface area contributed by atoms with Crippen molar-refractivity contribution in [2.24, 2.45) is 0 Å². The second-order valence-corrected chi connectivity index (χ2v) is 6.40. The molecule has 0 spiro atoms. The molecule has 0 heterocycles. The molecule has 0 aromatic heterocycles. The van der Waals surface area contributed by atoms with Crippen LogP contribution < -0.4 is 4.74 Å². The first-order chi connectivity index (χ1) is 11.4. The average molecular weight is 326 g/mol. The van der Waals surface area contributed by atoms with Crippen LogP contribution in [-0.2, 0) is 17.6 Å². The Hall–Kier alpha value is -2.29. The maximum absolute atomic E-state index is 11.9. The van der Waals surface area contributed by atoms with E-state index in [2.05, 4.69) is 32.9 Å². The van der Waals surface area contributed by atoms with E-state index in [1.807, 2.05) is 25.1 Å². The Bertz CT molecular complexity index is 724. The van der Waals surface area contributed by atoms with Gasteiger partial charge in [-0.15, -0.1) is 0 Å². The van der Waals surface area contributed by atoms with Gasteiger partial charge in [-0.2, -0.15) is 0 Å². The molecule has 2 rings (SSSR count). The fourth-order valence-corrected chi connectivity index (χ4v) is 3.38. The van der Waals surface area contributed by atoms with Crippen molar-refractivity contribution in [2.45, 2.75) is 46.5 Å². The van der Waals surface area contributed by atoms with Gasteiger partial charge in [0.15, 0.2) is 0 Å². The molecule has 24 heavy (non-hydrogen) atoms. The number of ether oxygens (including phenoxy) is 1. The average Bonchev–Trinajstić information content (AvgIpc) is 2.53. The highest BCUT2D eigenvalue weighted by molar-refractivity contribution is 5.77. The molecule has 0 saturated heterocycles. The number of carbonyl (C=O) groups is 1. The van der Waals surface area contributed by atoms with E-state index in [9.17, 15) is 9.90 Å². The van der Waals surface area contributed by atoms with Crippen LogP contribution in [0.2, 0.25) is 0 Å². The van der Waals surface area contributed by atoms with E-state index < -0.39 is 11.9 Å². The van der Waals surface area contributed by atoms with Gasteiger partial charge in [0.2, 0.25) is 0 Å². The molecule has 0 bridgehead atoms. The molecule has 0 saturated carbocycles. The van der Waals surface area contributed by atoms with E-state index in [0.29, 0.717) is 6.42 Å². The van der Waals surface area contributed by atoms with Crippen molar-refractivity contribution < 1.29 is 14.6 Å². The summed E-state index contributed by atoms with van der Waals surface area (Å²) in [5, 5.41) is 9.78. The first kappa shape index (κ1) is 18.1. The number of aliphatic carboxylic acids is 1. The lowest BCUT2D eigenvalue weighted by atomic mass is 9.86. The zero-order valence-electron chi connectivity index (χ0n) is 15.1. The highest BCUT2D eigenvalue weighted by atomic mass is 16.5. The van der Waals surface area contributed by atoms with Crippen molar-refractivity contribution in [2.75, 3.05) is 7.11 Å². The summed E-state index contributed by atoms with van der Waals surface area (Å²) < 4.78 is 5.35. The summed E-state index contributed by atoms with van der Waals surface area (Å²) in [5.41, 5.74) is 6.52. The molecule has 128 valence electrons. The second kappa shape index (κ2) is 7.52. The summed E-state index contributed by atoms with van der Waals surface area (Å²) in [4.78, 5) is 11.9. The predicted octanol–water partition coefficient (Wildman–Crippen LogP) is 4.59. The number of methoxy groups -OCH3 is 1. The lowest BCUT2D eigenvalue weighted by molar-refractivity contribution is -0.138. The molecule has 0 aliphatic heterocycles. The molecular formula is C21H26O3. The summed E-state index contributed by atoms with van der Waals surface area (Å²) in [6.07, 6.45) is 1.31. The van der Waals surface area contributed by atoms with E-state index in [1.54, 1.807) is 7.11 Å². The zero-order valence-corrected chi connectivity index (χ0v) is 15.1. The van der Waals surface area contributed by atoms with Gasteiger partial charge in [0.25, 0.3) is 0 Å². The van der Waals surface area contributed by atoms with E-state index in [4.69, 9.17) is 4.74 Å². The Morgan fingerprint density at radius 3 is 2.25 bits per heavy atom. The molecule has 0 fully saturated rings. The second-order valence-electron chi connectivity index (χ2n) is 6.40. The highest BCUT2D eigenvalue weighted by Gasteiger charge is 2.23. The van der Waals surface area contributed by atoms with Gasteiger partial charge in [-0.1, -0.05) is 36.8 Å². The van der Waals surface area contributed by atoms with Gasteiger partial charge in [-0.25, -0.2) is 0 Å². The predicted molar refractivity (Wildman–Crippen MR) is 97.1 cm³/mol. The maximum atomic E-state index is 11.9. The van der Waals surface area contributed by atoms with Crippen LogP contribution in [0.3, 0.4) is 0 Å². The Morgan fingerprint density at radius 2 is 1.75 bits per heavy atom. The molecule has 2 aromatic carbocycles. The standard InChI is InChI=1S/C21H26O3/c1-6-16-11-17(7-8-20(16)24-5)19(21(22)23)12-18-14(3)9-13(2)10-15(18)4/h7-11,19H,6,12H2,1-5H3,(H,22,23). The third-order valence-electron chi connectivity index (χ3n) is 4.63. The number of benzene rings is 2. The minimum absolute atomic E-state index is 0.503. The van der Waals surface area contributed by atoms with Crippen molar-refractivity contribution in [1.29, 1.82) is 0 Å². The van der Waals surface area contributed by atoms with Crippen LogP contribution >= 0.6 is 0 Å². The Balaban J connectivity index is 2.43. The Labute approximate surface area is 144 Å². The fourth-order valence-electron chi connectivity index (χ4n) is 3.38. The van der Waals surface area contributed by atoms with Gasteiger partial charge in [0.1, 0.15) is 5.75 Å². The summed E-state index contributed by atoms with van der Waals surface area (Å²) in [7, 11) is 1.64. The fraction of sp³-hybridized carbons (Fsp3) is 0.381. The van der Waals surface area contributed by atoms with Gasteiger partial charge < -0.3 is 9.84 Å². The summed E-state index contributed by atoms with van der Waals surface area (Å²) >= 11 is 0. The van der Waals surface area contributed by atoms with Gasteiger partial charge in [-0.05, 0) is 67.5 Å². The van der Waals surface area contributed by atoms with Crippen LogP contribution in [0.25, 0.3) is 0 Å². The number of rotatable bonds is 6. The SMILES string of the molecule is CCc1cc(C(Cc2c(C)cc(C)cc2C)C(=O)O)ccc1OC. The molecule has 1 atom stereocenters.